The first-order chi connectivity index (χ1) is 11.1. The number of amides is 1. The average molecular weight is 305 g/mol. The van der Waals surface area contributed by atoms with Gasteiger partial charge in [0.1, 0.15) is 0 Å². The van der Waals surface area contributed by atoms with Crippen LogP contribution < -0.4 is 10.7 Å². The Bertz CT molecular complexity index is 755. The third-order valence-corrected chi connectivity index (χ3v) is 3.13. The van der Waals surface area contributed by atoms with Gasteiger partial charge in [-0.15, -0.1) is 0 Å². The van der Waals surface area contributed by atoms with Gasteiger partial charge in [-0.2, -0.15) is 5.10 Å². The SMILES string of the molecule is Cc1ccc(NCC(=O)NN=CC#Cc2ccccc2)c(C)c1. The fourth-order valence-corrected chi connectivity index (χ4v) is 2.00. The highest BCUT2D eigenvalue weighted by Crippen LogP contribution is 2.15. The van der Waals surface area contributed by atoms with Crippen molar-refractivity contribution in [1.29, 1.82) is 0 Å². The first-order valence-electron chi connectivity index (χ1n) is 7.33. The Hall–Kier alpha value is -3.06. The molecule has 0 heterocycles. The summed E-state index contributed by atoms with van der Waals surface area (Å²) in [5.74, 6) is 5.47. The largest absolute Gasteiger partial charge is 0.376 e. The Kier molecular flexibility index (Phi) is 5.96. The van der Waals surface area contributed by atoms with Gasteiger partial charge in [-0.1, -0.05) is 41.8 Å². The van der Waals surface area contributed by atoms with Crippen LogP contribution in [0.5, 0.6) is 0 Å². The number of nitrogens with zero attached hydrogens (tertiary/aromatic N) is 1. The summed E-state index contributed by atoms with van der Waals surface area (Å²) in [6, 6.07) is 15.6. The molecular weight excluding hydrogens is 286 g/mol. The fourth-order valence-electron chi connectivity index (χ4n) is 2.00. The van der Waals surface area contributed by atoms with E-state index in [4.69, 9.17) is 0 Å². The highest BCUT2D eigenvalue weighted by atomic mass is 16.2. The molecule has 4 nitrogen and oxygen atoms in total. The van der Waals surface area contributed by atoms with Gasteiger partial charge in [0.2, 0.25) is 0 Å². The Morgan fingerprint density at radius 1 is 1.17 bits per heavy atom. The van der Waals surface area contributed by atoms with E-state index >= 15 is 0 Å². The summed E-state index contributed by atoms with van der Waals surface area (Å²) in [5, 5.41) is 6.88. The number of carbonyl (C=O) groups excluding carboxylic acids is 1. The molecule has 0 bridgehead atoms. The minimum Gasteiger partial charge on any atom is -0.376 e. The van der Waals surface area contributed by atoms with Crippen LogP contribution in [0.3, 0.4) is 0 Å². The van der Waals surface area contributed by atoms with Gasteiger partial charge < -0.3 is 5.32 Å². The summed E-state index contributed by atoms with van der Waals surface area (Å²) in [6.45, 7) is 4.20. The van der Waals surface area contributed by atoms with Crippen LogP contribution in [-0.2, 0) is 4.79 Å². The lowest BCUT2D eigenvalue weighted by atomic mass is 10.1. The number of hydrazone groups is 1. The Morgan fingerprint density at radius 2 is 1.96 bits per heavy atom. The maximum absolute atomic E-state index is 11.7. The zero-order valence-electron chi connectivity index (χ0n) is 13.3. The number of hydrogen-bond donors (Lipinski definition) is 2. The summed E-state index contributed by atoms with van der Waals surface area (Å²) in [6.07, 6.45) is 1.38. The predicted molar refractivity (Wildman–Crippen MR) is 94.4 cm³/mol. The molecule has 23 heavy (non-hydrogen) atoms. The van der Waals surface area contributed by atoms with Crippen LogP contribution in [0.4, 0.5) is 5.69 Å². The van der Waals surface area contributed by atoms with Crippen LogP contribution in [0.15, 0.2) is 53.6 Å². The van der Waals surface area contributed by atoms with E-state index in [-0.39, 0.29) is 12.5 Å². The molecule has 0 saturated carbocycles. The normalized spacial score (nSPS) is 10.0. The molecule has 2 rings (SSSR count). The molecule has 0 aromatic heterocycles. The molecule has 4 heteroatoms. The molecule has 0 radical (unpaired) electrons. The van der Waals surface area contributed by atoms with Crippen LogP contribution in [0.2, 0.25) is 0 Å². The summed E-state index contributed by atoms with van der Waals surface area (Å²) in [7, 11) is 0. The van der Waals surface area contributed by atoms with Crippen molar-refractivity contribution in [2.75, 3.05) is 11.9 Å². The quantitative estimate of drug-likeness (QED) is 0.518. The van der Waals surface area contributed by atoms with Crippen molar-refractivity contribution in [3.63, 3.8) is 0 Å². The number of anilines is 1. The standard InChI is InChI=1S/C19H19N3O/c1-15-10-11-18(16(2)13-15)20-14-19(23)22-21-12-6-9-17-7-4-3-5-8-17/h3-5,7-8,10-13,20H,14H2,1-2H3,(H,22,23). The van der Waals surface area contributed by atoms with Gasteiger partial charge in [-0.3, -0.25) is 4.79 Å². The van der Waals surface area contributed by atoms with Gasteiger partial charge in [0.15, 0.2) is 0 Å². The number of hydrogen-bond acceptors (Lipinski definition) is 3. The molecule has 0 spiro atoms. The van der Waals surface area contributed by atoms with E-state index in [0.29, 0.717) is 0 Å². The molecule has 0 aliphatic carbocycles. The zero-order chi connectivity index (χ0) is 16.5. The second kappa shape index (κ2) is 8.40. The Morgan fingerprint density at radius 3 is 2.70 bits per heavy atom. The lowest BCUT2D eigenvalue weighted by Crippen LogP contribution is -2.26. The van der Waals surface area contributed by atoms with Gasteiger partial charge in [0.05, 0.1) is 12.8 Å². The molecule has 0 atom stereocenters. The van der Waals surface area contributed by atoms with Crippen LogP contribution in [0, 0.1) is 25.7 Å². The minimum absolute atomic E-state index is 0.160. The number of carbonyl (C=O) groups is 1. The van der Waals surface area contributed by atoms with E-state index in [1.54, 1.807) is 0 Å². The molecule has 0 aliphatic rings. The van der Waals surface area contributed by atoms with Gasteiger partial charge in [0, 0.05) is 11.3 Å². The molecule has 2 aromatic rings. The summed E-state index contributed by atoms with van der Waals surface area (Å²) >= 11 is 0. The van der Waals surface area contributed by atoms with E-state index in [1.165, 1.54) is 11.8 Å². The number of nitrogens with one attached hydrogen (secondary N) is 2. The summed E-state index contributed by atoms with van der Waals surface area (Å²) < 4.78 is 0. The predicted octanol–water partition coefficient (Wildman–Crippen LogP) is 2.87. The van der Waals surface area contributed by atoms with E-state index in [0.717, 1.165) is 16.8 Å². The molecule has 0 unspecified atom stereocenters. The van der Waals surface area contributed by atoms with Crippen molar-refractivity contribution in [3.8, 4) is 11.8 Å². The third kappa shape index (κ3) is 5.68. The van der Waals surface area contributed by atoms with Gasteiger partial charge >= 0.3 is 0 Å². The smallest absolute Gasteiger partial charge is 0.259 e. The van der Waals surface area contributed by atoms with Crippen LogP contribution >= 0.6 is 0 Å². The molecule has 2 N–H and O–H groups in total. The summed E-state index contributed by atoms with van der Waals surface area (Å²) in [5.41, 5.74) is 6.58. The second-order valence-electron chi connectivity index (χ2n) is 5.10. The van der Waals surface area contributed by atoms with E-state index in [2.05, 4.69) is 33.8 Å². The van der Waals surface area contributed by atoms with Crippen LogP contribution in [-0.4, -0.2) is 18.7 Å². The van der Waals surface area contributed by atoms with Gasteiger partial charge in [0.25, 0.3) is 5.91 Å². The minimum atomic E-state index is -0.220. The Labute approximate surface area is 136 Å². The average Bonchev–Trinajstić information content (AvgIpc) is 2.54. The van der Waals surface area contributed by atoms with Crippen molar-refractivity contribution in [2.24, 2.45) is 5.10 Å². The molecular formula is C19H19N3O. The lowest BCUT2D eigenvalue weighted by molar-refractivity contribution is -0.119. The van der Waals surface area contributed by atoms with Crippen LogP contribution in [0.1, 0.15) is 16.7 Å². The molecule has 116 valence electrons. The second-order valence-corrected chi connectivity index (χ2v) is 5.10. The van der Waals surface area contributed by atoms with Gasteiger partial charge in [-0.25, -0.2) is 5.43 Å². The Balaban J connectivity index is 1.77. The number of aryl methyl sites for hydroxylation is 2. The van der Waals surface area contributed by atoms with Crippen molar-refractivity contribution in [1.82, 2.24) is 5.43 Å². The molecule has 0 saturated heterocycles. The van der Waals surface area contributed by atoms with E-state index in [9.17, 15) is 4.79 Å². The van der Waals surface area contributed by atoms with Crippen molar-refractivity contribution >= 4 is 17.8 Å². The maximum atomic E-state index is 11.7. The first kappa shape index (κ1) is 16.3. The van der Waals surface area contributed by atoms with Crippen molar-refractivity contribution < 1.29 is 4.79 Å². The van der Waals surface area contributed by atoms with Gasteiger partial charge in [-0.05, 0) is 43.5 Å². The molecule has 0 fully saturated rings. The zero-order valence-corrected chi connectivity index (χ0v) is 13.3. The lowest BCUT2D eigenvalue weighted by Gasteiger charge is -2.09. The van der Waals surface area contributed by atoms with Crippen molar-refractivity contribution in [2.45, 2.75) is 13.8 Å². The third-order valence-electron chi connectivity index (χ3n) is 3.13. The number of rotatable bonds is 4. The van der Waals surface area contributed by atoms with E-state index in [1.807, 2.05) is 56.3 Å². The maximum Gasteiger partial charge on any atom is 0.259 e. The first-order valence-corrected chi connectivity index (χ1v) is 7.33. The topological polar surface area (TPSA) is 53.5 Å². The van der Waals surface area contributed by atoms with E-state index < -0.39 is 0 Å². The number of benzene rings is 2. The molecule has 2 aromatic carbocycles. The summed E-state index contributed by atoms with van der Waals surface area (Å²) in [4.78, 5) is 11.7. The molecule has 0 aliphatic heterocycles. The fraction of sp³-hybridized carbons (Fsp3) is 0.158. The highest BCUT2D eigenvalue weighted by molar-refractivity contribution is 5.84. The van der Waals surface area contributed by atoms with Crippen LogP contribution in [0.25, 0.3) is 0 Å². The van der Waals surface area contributed by atoms with Crippen molar-refractivity contribution in [3.05, 3.63) is 65.2 Å². The molecule has 1 amide bonds. The highest BCUT2D eigenvalue weighted by Gasteiger charge is 2.01. The monoisotopic (exact) mass is 305 g/mol.